The standard InChI is InChI=1S/C10H18N2O2/c11-9-5-12(10(9)14)8-3-1-2-7(4-8)6-13/h7-9,13H,1-6,11H2. The second-order valence-electron chi connectivity index (χ2n) is 4.47. The van der Waals surface area contributed by atoms with Crippen LogP contribution in [0.2, 0.25) is 0 Å². The quantitative estimate of drug-likeness (QED) is 0.599. The molecule has 2 aliphatic rings. The van der Waals surface area contributed by atoms with Crippen LogP contribution in [0, 0.1) is 5.92 Å². The zero-order valence-corrected chi connectivity index (χ0v) is 8.35. The zero-order valence-electron chi connectivity index (χ0n) is 8.35. The molecule has 1 aliphatic heterocycles. The first-order valence-corrected chi connectivity index (χ1v) is 5.39. The normalized spacial score (nSPS) is 38.3. The van der Waals surface area contributed by atoms with Gasteiger partial charge in [-0.05, 0) is 25.2 Å². The maximum absolute atomic E-state index is 11.4. The summed E-state index contributed by atoms with van der Waals surface area (Å²) in [6.45, 7) is 0.965. The Morgan fingerprint density at radius 2 is 2.29 bits per heavy atom. The lowest BCUT2D eigenvalue weighted by atomic mass is 9.84. The third kappa shape index (κ3) is 1.64. The highest BCUT2D eigenvalue weighted by molar-refractivity contribution is 5.87. The fourth-order valence-corrected chi connectivity index (χ4v) is 2.52. The predicted molar refractivity (Wildman–Crippen MR) is 52.5 cm³/mol. The van der Waals surface area contributed by atoms with Crippen LogP contribution in [-0.2, 0) is 4.79 Å². The molecule has 2 rings (SSSR count). The summed E-state index contributed by atoms with van der Waals surface area (Å²) in [5.74, 6) is 0.479. The molecule has 1 heterocycles. The molecule has 4 nitrogen and oxygen atoms in total. The van der Waals surface area contributed by atoms with Crippen LogP contribution < -0.4 is 5.73 Å². The third-order valence-corrected chi connectivity index (χ3v) is 3.45. The van der Waals surface area contributed by atoms with Gasteiger partial charge >= 0.3 is 0 Å². The van der Waals surface area contributed by atoms with E-state index in [1.54, 1.807) is 0 Å². The van der Waals surface area contributed by atoms with Crippen molar-refractivity contribution in [1.29, 1.82) is 0 Å². The summed E-state index contributed by atoms with van der Waals surface area (Å²) in [5, 5.41) is 9.07. The molecule has 1 saturated carbocycles. The first-order valence-electron chi connectivity index (χ1n) is 5.39. The molecule has 3 N–H and O–H groups in total. The molecule has 0 radical (unpaired) electrons. The van der Waals surface area contributed by atoms with Crippen molar-refractivity contribution in [2.45, 2.75) is 37.8 Å². The lowest BCUT2D eigenvalue weighted by Gasteiger charge is -2.45. The first kappa shape index (κ1) is 9.93. The van der Waals surface area contributed by atoms with Crippen LogP contribution in [0.3, 0.4) is 0 Å². The highest BCUT2D eigenvalue weighted by Gasteiger charge is 2.39. The van der Waals surface area contributed by atoms with Crippen LogP contribution in [0.25, 0.3) is 0 Å². The largest absolute Gasteiger partial charge is 0.396 e. The molecule has 1 amide bonds. The number of carbonyl (C=O) groups excluding carboxylic acids is 1. The molecular weight excluding hydrogens is 180 g/mol. The van der Waals surface area contributed by atoms with Crippen molar-refractivity contribution in [1.82, 2.24) is 4.90 Å². The summed E-state index contributed by atoms with van der Waals surface area (Å²) in [7, 11) is 0. The Hall–Kier alpha value is -0.610. The zero-order chi connectivity index (χ0) is 10.1. The second kappa shape index (κ2) is 3.87. The number of nitrogens with two attached hydrogens (primary N) is 1. The maximum Gasteiger partial charge on any atom is 0.241 e. The van der Waals surface area contributed by atoms with E-state index in [-0.39, 0.29) is 18.6 Å². The lowest BCUT2D eigenvalue weighted by molar-refractivity contribution is -0.147. The molecule has 14 heavy (non-hydrogen) atoms. The number of nitrogens with zero attached hydrogens (tertiary/aromatic N) is 1. The van der Waals surface area contributed by atoms with Gasteiger partial charge in [-0.25, -0.2) is 0 Å². The van der Waals surface area contributed by atoms with E-state index in [1.165, 1.54) is 0 Å². The van der Waals surface area contributed by atoms with E-state index in [2.05, 4.69) is 0 Å². The molecule has 4 heteroatoms. The average Bonchev–Trinajstić information content (AvgIpc) is 2.25. The van der Waals surface area contributed by atoms with E-state index in [9.17, 15) is 4.79 Å². The summed E-state index contributed by atoms with van der Waals surface area (Å²) in [5.41, 5.74) is 5.55. The van der Waals surface area contributed by atoms with Gasteiger partial charge < -0.3 is 15.7 Å². The first-order chi connectivity index (χ1) is 6.72. The number of hydrogen-bond donors (Lipinski definition) is 2. The van der Waals surface area contributed by atoms with Crippen LogP contribution in [0.15, 0.2) is 0 Å². The molecule has 0 spiro atoms. The number of carbonyl (C=O) groups is 1. The van der Waals surface area contributed by atoms with Gasteiger partial charge in [-0.15, -0.1) is 0 Å². The van der Waals surface area contributed by atoms with Gasteiger partial charge in [0, 0.05) is 19.2 Å². The number of aliphatic hydroxyl groups is 1. The Bertz CT molecular complexity index is 232. The highest BCUT2D eigenvalue weighted by Crippen LogP contribution is 2.30. The molecule has 0 aromatic heterocycles. The molecule has 3 unspecified atom stereocenters. The van der Waals surface area contributed by atoms with E-state index < -0.39 is 0 Å². The molecule has 3 atom stereocenters. The number of rotatable bonds is 2. The summed E-state index contributed by atoms with van der Waals surface area (Å²) in [6.07, 6.45) is 4.25. The summed E-state index contributed by atoms with van der Waals surface area (Å²) < 4.78 is 0. The van der Waals surface area contributed by atoms with E-state index in [4.69, 9.17) is 10.8 Å². The van der Waals surface area contributed by atoms with Gasteiger partial charge in [-0.1, -0.05) is 6.42 Å². The van der Waals surface area contributed by atoms with Crippen molar-refractivity contribution >= 4 is 5.91 Å². The Morgan fingerprint density at radius 3 is 2.86 bits per heavy atom. The van der Waals surface area contributed by atoms with Crippen molar-refractivity contribution in [3.8, 4) is 0 Å². The van der Waals surface area contributed by atoms with Gasteiger partial charge in [0.1, 0.15) is 6.04 Å². The minimum Gasteiger partial charge on any atom is -0.396 e. The maximum atomic E-state index is 11.4. The Labute approximate surface area is 84.1 Å². The van der Waals surface area contributed by atoms with E-state index in [0.29, 0.717) is 18.5 Å². The van der Waals surface area contributed by atoms with Crippen LogP contribution >= 0.6 is 0 Å². The van der Waals surface area contributed by atoms with Gasteiger partial charge in [0.2, 0.25) is 5.91 Å². The Balaban J connectivity index is 1.89. The number of β-lactam (4-membered cyclic amide) rings is 1. The molecular formula is C10H18N2O2. The number of likely N-dealkylation sites (tertiary alicyclic amines) is 1. The van der Waals surface area contributed by atoms with Crippen molar-refractivity contribution in [2.24, 2.45) is 11.7 Å². The van der Waals surface area contributed by atoms with E-state index in [0.717, 1.165) is 25.7 Å². The Kier molecular flexibility index (Phi) is 2.74. The van der Waals surface area contributed by atoms with Gasteiger partial charge in [0.05, 0.1) is 0 Å². The SMILES string of the molecule is NC1CN(C2CCCC(CO)C2)C1=O. The van der Waals surface area contributed by atoms with Crippen LogP contribution in [0.5, 0.6) is 0 Å². The topological polar surface area (TPSA) is 66.6 Å². The number of aliphatic hydroxyl groups excluding tert-OH is 1. The minimum atomic E-state index is -0.260. The monoisotopic (exact) mass is 198 g/mol. The molecule has 0 aromatic rings. The summed E-state index contributed by atoms with van der Waals surface area (Å²) >= 11 is 0. The third-order valence-electron chi connectivity index (χ3n) is 3.45. The van der Waals surface area contributed by atoms with Crippen molar-refractivity contribution in [3.63, 3.8) is 0 Å². The molecule has 2 fully saturated rings. The van der Waals surface area contributed by atoms with Crippen LogP contribution in [-0.4, -0.2) is 41.1 Å². The molecule has 0 bridgehead atoms. The van der Waals surface area contributed by atoms with Crippen LogP contribution in [0.1, 0.15) is 25.7 Å². The van der Waals surface area contributed by atoms with Gasteiger partial charge in [-0.2, -0.15) is 0 Å². The summed E-state index contributed by atoms with van der Waals surface area (Å²) in [4.78, 5) is 13.3. The molecule has 80 valence electrons. The fraction of sp³-hybridized carbons (Fsp3) is 0.900. The van der Waals surface area contributed by atoms with Gasteiger partial charge in [0.15, 0.2) is 0 Å². The van der Waals surface area contributed by atoms with Crippen molar-refractivity contribution in [2.75, 3.05) is 13.2 Å². The average molecular weight is 198 g/mol. The van der Waals surface area contributed by atoms with Crippen molar-refractivity contribution in [3.05, 3.63) is 0 Å². The highest BCUT2D eigenvalue weighted by atomic mass is 16.3. The number of amides is 1. The lowest BCUT2D eigenvalue weighted by Crippen LogP contribution is -2.64. The predicted octanol–water partition coefficient (Wildman–Crippen LogP) is -0.293. The minimum absolute atomic E-state index is 0.0913. The van der Waals surface area contributed by atoms with E-state index in [1.807, 2.05) is 4.90 Å². The van der Waals surface area contributed by atoms with Gasteiger partial charge in [0.25, 0.3) is 0 Å². The summed E-state index contributed by atoms with van der Waals surface area (Å²) in [6, 6.07) is 0.0812. The number of hydrogen-bond acceptors (Lipinski definition) is 3. The second-order valence-corrected chi connectivity index (χ2v) is 4.47. The van der Waals surface area contributed by atoms with Crippen molar-refractivity contribution < 1.29 is 9.90 Å². The Morgan fingerprint density at radius 1 is 1.50 bits per heavy atom. The molecule has 1 aliphatic carbocycles. The van der Waals surface area contributed by atoms with E-state index >= 15 is 0 Å². The smallest absolute Gasteiger partial charge is 0.241 e. The van der Waals surface area contributed by atoms with Crippen LogP contribution in [0.4, 0.5) is 0 Å². The molecule has 0 aromatic carbocycles. The fourth-order valence-electron chi connectivity index (χ4n) is 2.52. The van der Waals surface area contributed by atoms with Gasteiger partial charge in [-0.3, -0.25) is 4.79 Å². The molecule has 1 saturated heterocycles.